The van der Waals surface area contributed by atoms with Crippen molar-refractivity contribution in [3.63, 3.8) is 0 Å². The number of hydrogen-bond acceptors (Lipinski definition) is 7. The highest BCUT2D eigenvalue weighted by atomic mass is 19.1. The van der Waals surface area contributed by atoms with E-state index in [1.807, 2.05) is 29.3 Å². The van der Waals surface area contributed by atoms with Crippen LogP contribution >= 0.6 is 0 Å². The van der Waals surface area contributed by atoms with Crippen LogP contribution in [0.25, 0.3) is 10.9 Å². The zero-order chi connectivity index (χ0) is 30.4. The van der Waals surface area contributed by atoms with Crippen molar-refractivity contribution in [2.45, 2.75) is 38.6 Å². The summed E-state index contributed by atoms with van der Waals surface area (Å²) in [6, 6.07) is 7.02. The lowest BCUT2D eigenvalue weighted by molar-refractivity contribution is -0.152. The van der Waals surface area contributed by atoms with Crippen LogP contribution < -0.4 is 9.47 Å². The van der Waals surface area contributed by atoms with Crippen molar-refractivity contribution in [2.75, 3.05) is 59.7 Å². The predicted octanol–water partition coefficient (Wildman–Crippen LogP) is 5.06. The third-order valence-electron chi connectivity index (χ3n) is 8.74. The van der Waals surface area contributed by atoms with Crippen molar-refractivity contribution >= 4 is 16.9 Å². The number of hydrogen-bond donors (Lipinski definition) is 1. The zero-order valence-electron chi connectivity index (χ0n) is 24.4. The van der Waals surface area contributed by atoms with E-state index in [0.717, 1.165) is 41.9 Å². The highest BCUT2D eigenvalue weighted by molar-refractivity contribution is 5.84. The van der Waals surface area contributed by atoms with Gasteiger partial charge < -0.3 is 19.3 Å². The number of pyridine rings is 1. The Hall–Kier alpha value is -3.41. The van der Waals surface area contributed by atoms with E-state index in [-0.39, 0.29) is 6.61 Å². The summed E-state index contributed by atoms with van der Waals surface area (Å²) >= 11 is 0. The summed E-state index contributed by atoms with van der Waals surface area (Å²) in [5.74, 6) is -3.83. The average Bonchev–Trinajstić information content (AvgIpc) is 3.00. The molecule has 8 nitrogen and oxygen atoms in total. The number of ether oxygens (including phenoxy) is 3. The molecule has 3 heterocycles. The van der Waals surface area contributed by atoms with Crippen LogP contribution in [-0.2, 0) is 22.5 Å². The quantitative estimate of drug-likeness (QED) is 0.309. The Morgan fingerprint density at radius 2 is 1.77 bits per heavy atom. The summed E-state index contributed by atoms with van der Waals surface area (Å²) in [5.41, 5.74) is 2.34. The van der Waals surface area contributed by atoms with Gasteiger partial charge in [0.05, 0.1) is 31.3 Å². The van der Waals surface area contributed by atoms with Crippen molar-refractivity contribution in [1.29, 1.82) is 0 Å². The van der Waals surface area contributed by atoms with Gasteiger partial charge in [0.2, 0.25) is 0 Å². The molecule has 0 saturated carbocycles. The topological polar surface area (TPSA) is 84.4 Å². The molecule has 2 fully saturated rings. The van der Waals surface area contributed by atoms with E-state index in [0.29, 0.717) is 77.1 Å². The van der Waals surface area contributed by atoms with Gasteiger partial charge in [-0.05, 0) is 74.5 Å². The number of aryl methyl sites for hydroxylation is 1. The van der Waals surface area contributed by atoms with Crippen LogP contribution in [-0.4, -0.2) is 85.5 Å². The van der Waals surface area contributed by atoms with Crippen LogP contribution in [0.5, 0.6) is 11.5 Å². The van der Waals surface area contributed by atoms with Crippen LogP contribution in [0.1, 0.15) is 36.8 Å². The van der Waals surface area contributed by atoms with Crippen molar-refractivity contribution in [3.05, 3.63) is 65.1 Å². The molecular formula is C32H38F3N3O5. The highest BCUT2D eigenvalue weighted by Gasteiger charge is 2.41. The molecule has 0 unspecified atom stereocenters. The molecule has 0 radical (unpaired) electrons. The van der Waals surface area contributed by atoms with Crippen LogP contribution in [0.4, 0.5) is 13.2 Å². The number of likely N-dealkylation sites (tertiary alicyclic amines) is 1. The van der Waals surface area contributed by atoms with E-state index in [4.69, 9.17) is 19.2 Å². The first kappa shape index (κ1) is 31.0. The molecule has 43 heavy (non-hydrogen) atoms. The number of aliphatic carboxylic acids is 1. The minimum absolute atomic E-state index is 0.00401. The van der Waals surface area contributed by atoms with E-state index in [1.54, 1.807) is 7.11 Å². The van der Waals surface area contributed by atoms with Gasteiger partial charge in [-0.15, -0.1) is 0 Å². The molecule has 2 saturated heterocycles. The fourth-order valence-electron chi connectivity index (χ4n) is 6.15. The lowest BCUT2D eigenvalue weighted by atomic mass is 9.74. The van der Waals surface area contributed by atoms with Crippen LogP contribution in [0.3, 0.4) is 0 Å². The molecule has 5 rings (SSSR count). The molecule has 232 valence electrons. The number of carboxylic acids is 1. The molecule has 11 heteroatoms. The molecular weight excluding hydrogens is 563 g/mol. The maximum atomic E-state index is 13.9. The van der Waals surface area contributed by atoms with Gasteiger partial charge in [0.15, 0.2) is 17.4 Å². The number of morpholine rings is 1. The van der Waals surface area contributed by atoms with E-state index in [1.165, 1.54) is 5.56 Å². The van der Waals surface area contributed by atoms with Crippen LogP contribution in [0, 0.1) is 22.9 Å². The second kappa shape index (κ2) is 13.9. The second-order valence-corrected chi connectivity index (χ2v) is 11.4. The summed E-state index contributed by atoms with van der Waals surface area (Å²) in [5, 5.41) is 11.3. The van der Waals surface area contributed by atoms with Crippen molar-refractivity contribution < 1.29 is 37.3 Å². The highest BCUT2D eigenvalue weighted by Crippen LogP contribution is 2.38. The summed E-state index contributed by atoms with van der Waals surface area (Å²) < 4.78 is 57.2. The first-order valence-corrected chi connectivity index (χ1v) is 14.8. The molecule has 2 aromatic carbocycles. The number of rotatable bonds is 12. The van der Waals surface area contributed by atoms with Gasteiger partial charge in [-0.25, -0.2) is 13.2 Å². The number of carboxylic acid groups (broad SMARTS) is 1. The Bertz CT molecular complexity index is 1400. The number of nitrogens with zero attached hydrogens (tertiary/aromatic N) is 3. The van der Waals surface area contributed by atoms with Crippen LogP contribution in [0.2, 0.25) is 0 Å². The lowest BCUT2D eigenvalue weighted by Gasteiger charge is -2.39. The molecule has 2 aliphatic rings. The Morgan fingerprint density at radius 3 is 2.44 bits per heavy atom. The SMILES string of the molecule is COc1ccc2ncc(CN3CCOCC3)c(CCCC3(C(=O)O)CCN(CCOc4c(F)cc(F)cc4F)CC3)c2c1. The number of halogens is 3. The summed E-state index contributed by atoms with van der Waals surface area (Å²) in [7, 11) is 1.64. The fraction of sp³-hybridized carbons (Fsp3) is 0.500. The molecule has 0 spiro atoms. The standard InChI is InChI=1S/C32H38F3N3O5/c1-41-24-4-5-29-26(19-24)25(22(20-36-29)21-38-11-14-42-15-12-38)3-2-6-32(31(39)40)7-9-37(10-8-32)13-16-43-30-27(34)17-23(33)18-28(30)35/h4-5,17-20H,2-3,6-16,21H2,1H3,(H,39,40). The molecule has 0 bridgehead atoms. The van der Waals surface area contributed by atoms with E-state index >= 15 is 0 Å². The maximum Gasteiger partial charge on any atom is 0.309 e. The minimum atomic E-state index is -1.09. The van der Waals surface area contributed by atoms with Crippen molar-refractivity contribution in [2.24, 2.45) is 5.41 Å². The Kier molecular flexibility index (Phi) is 10.0. The van der Waals surface area contributed by atoms with Crippen molar-refractivity contribution in [1.82, 2.24) is 14.8 Å². The van der Waals surface area contributed by atoms with Gasteiger partial charge in [0.1, 0.15) is 18.2 Å². The summed E-state index contributed by atoms with van der Waals surface area (Å²) in [6.07, 6.45) is 4.82. The van der Waals surface area contributed by atoms with Crippen molar-refractivity contribution in [3.8, 4) is 11.5 Å². The average molecular weight is 602 g/mol. The smallest absolute Gasteiger partial charge is 0.309 e. The molecule has 0 atom stereocenters. The van der Waals surface area contributed by atoms with E-state index in [2.05, 4.69) is 4.90 Å². The number of fused-ring (bicyclic) bond motifs is 1. The molecule has 1 aromatic heterocycles. The first-order valence-electron chi connectivity index (χ1n) is 14.8. The molecule has 2 aliphatic heterocycles. The van der Waals surface area contributed by atoms with Gasteiger partial charge in [0.25, 0.3) is 0 Å². The normalized spacial score (nSPS) is 17.7. The number of carbonyl (C=O) groups is 1. The maximum absolute atomic E-state index is 13.9. The van der Waals surface area contributed by atoms with Gasteiger partial charge in [-0.3, -0.25) is 19.6 Å². The van der Waals surface area contributed by atoms with Gasteiger partial charge in [-0.1, -0.05) is 0 Å². The fourth-order valence-corrected chi connectivity index (χ4v) is 6.15. The monoisotopic (exact) mass is 601 g/mol. The molecule has 3 aromatic rings. The predicted molar refractivity (Wildman–Crippen MR) is 155 cm³/mol. The van der Waals surface area contributed by atoms with E-state index in [9.17, 15) is 23.1 Å². The first-order chi connectivity index (χ1) is 20.8. The summed E-state index contributed by atoms with van der Waals surface area (Å²) in [4.78, 5) is 21.6. The molecule has 1 N–H and O–H groups in total. The van der Waals surface area contributed by atoms with E-state index < -0.39 is 34.6 Å². The zero-order valence-corrected chi connectivity index (χ0v) is 24.4. The Balaban J connectivity index is 1.22. The summed E-state index contributed by atoms with van der Waals surface area (Å²) in [6.45, 7) is 5.31. The van der Waals surface area contributed by atoms with Gasteiger partial charge in [-0.2, -0.15) is 0 Å². The Labute approximate surface area is 249 Å². The molecule has 0 amide bonds. The third-order valence-corrected chi connectivity index (χ3v) is 8.74. The van der Waals surface area contributed by atoms with Gasteiger partial charge in [0, 0.05) is 49.9 Å². The molecule has 0 aliphatic carbocycles. The third kappa shape index (κ3) is 7.39. The number of methoxy groups -OCH3 is 1. The van der Waals surface area contributed by atoms with Gasteiger partial charge >= 0.3 is 5.97 Å². The lowest BCUT2D eigenvalue weighted by Crippen LogP contribution is -2.45. The second-order valence-electron chi connectivity index (χ2n) is 11.4. The number of benzene rings is 2. The Morgan fingerprint density at radius 1 is 1.05 bits per heavy atom. The largest absolute Gasteiger partial charge is 0.497 e. The minimum Gasteiger partial charge on any atom is -0.497 e. The number of aromatic nitrogens is 1. The van der Waals surface area contributed by atoms with Crippen LogP contribution in [0.15, 0.2) is 36.5 Å². The number of piperidine rings is 1.